The van der Waals surface area contributed by atoms with E-state index in [1.165, 1.54) is 4.31 Å². The fourth-order valence-corrected chi connectivity index (χ4v) is 5.70. The van der Waals surface area contributed by atoms with Gasteiger partial charge < -0.3 is 5.73 Å². The van der Waals surface area contributed by atoms with Crippen molar-refractivity contribution < 1.29 is 26.4 Å². The molecule has 1 atom stereocenters. The van der Waals surface area contributed by atoms with Crippen molar-refractivity contribution in [3.05, 3.63) is 28.8 Å². The molecule has 2 heterocycles. The molecule has 1 unspecified atom stereocenters. The third-order valence-electron chi connectivity index (χ3n) is 5.40. The number of sulfonamides is 1. The number of alkyl halides is 3. The number of primary amides is 1. The van der Waals surface area contributed by atoms with Gasteiger partial charge in [0.2, 0.25) is 15.9 Å². The van der Waals surface area contributed by atoms with Crippen molar-refractivity contribution in [3.8, 4) is 0 Å². The van der Waals surface area contributed by atoms with E-state index >= 15 is 0 Å². The molecule has 11 heteroatoms. The fourth-order valence-electron chi connectivity index (χ4n) is 3.98. The molecule has 0 bridgehead atoms. The van der Waals surface area contributed by atoms with Crippen molar-refractivity contribution in [2.75, 3.05) is 19.6 Å². The van der Waals surface area contributed by atoms with E-state index in [4.69, 9.17) is 17.3 Å². The summed E-state index contributed by atoms with van der Waals surface area (Å²) < 4.78 is 65.9. The first-order valence-corrected chi connectivity index (χ1v) is 10.8. The van der Waals surface area contributed by atoms with Gasteiger partial charge in [0.25, 0.3) is 0 Å². The lowest BCUT2D eigenvalue weighted by Crippen LogP contribution is -2.51. The number of rotatable bonds is 4. The quantitative estimate of drug-likeness (QED) is 0.781. The Kier molecular flexibility index (Phi) is 5.96. The molecular formula is C17H21ClF3N3O3S. The molecule has 1 aromatic carbocycles. The second-order valence-electron chi connectivity index (χ2n) is 7.07. The number of nitrogens with two attached hydrogens (primary N) is 1. The summed E-state index contributed by atoms with van der Waals surface area (Å²) in [4.78, 5) is 13.2. The van der Waals surface area contributed by atoms with Gasteiger partial charge >= 0.3 is 6.18 Å². The smallest absolute Gasteiger partial charge is 0.368 e. The van der Waals surface area contributed by atoms with Crippen LogP contribution in [0.3, 0.4) is 0 Å². The van der Waals surface area contributed by atoms with Gasteiger partial charge in [0.15, 0.2) is 0 Å². The molecule has 0 aromatic heterocycles. The van der Waals surface area contributed by atoms with Gasteiger partial charge in [0, 0.05) is 19.1 Å². The predicted octanol–water partition coefficient (Wildman–Crippen LogP) is 2.46. The topological polar surface area (TPSA) is 83.7 Å². The zero-order valence-electron chi connectivity index (χ0n) is 15.0. The van der Waals surface area contributed by atoms with E-state index in [-0.39, 0.29) is 31.1 Å². The van der Waals surface area contributed by atoms with Crippen molar-refractivity contribution in [2.45, 2.75) is 48.8 Å². The number of hydrogen-bond donors (Lipinski definition) is 1. The lowest BCUT2D eigenvalue weighted by Gasteiger charge is -2.38. The van der Waals surface area contributed by atoms with Gasteiger partial charge in [-0.2, -0.15) is 17.5 Å². The molecule has 0 aliphatic carbocycles. The molecule has 2 saturated heterocycles. The number of carbonyl (C=O) groups excluding carboxylic acids is 1. The Labute approximate surface area is 166 Å². The van der Waals surface area contributed by atoms with Gasteiger partial charge in [-0.15, -0.1) is 0 Å². The second-order valence-corrected chi connectivity index (χ2v) is 9.42. The third-order valence-corrected chi connectivity index (χ3v) is 7.62. The summed E-state index contributed by atoms with van der Waals surface area (Å²) in [5.41, 5.74) is 4.26. The Bertz CT molecular complexity index is 855. The third kappa shape index (κ3) is 4.14. The molecule has 2 N–H and O–H groups in total. The summed E-state index contributed by atoms with van der Waals surface area (Å²) in [7, 11) is -4.07. The minimum atomic E-state index is -4.74. The van der Waals surface area contributed by atoms with Gasteiger partial charge in [0.1, 0.15) is 0 Å². The first-order valence-electron chi connectivity index (χ1n) is 8.94. The van der Waals surface area contributed by atoms with E-state index in [0.717, 1.165) is 25.1 Å². The van der Waals surface area contributed by atoms with Gasteiger partial charge in [0.05, 0.1) is 21.5 Å². The molecule has 0 spiro atoms. The number of halogens is 4. The highest BCUT2D eigenvalue weighted by atomic mass is 35.5. The summed E-state index contributed by atoms with van der Waals surface area (Å²) in [6.45, 7) is 1.06. The van der Waals surface area contributed by atoms with Crippen LogP contribution in [0.4, 0.5) is 13.2 Å². The van der Waals surface area contributed by atoms with E-state index in [9.17, 15) is 26.4 Å². The summed E-state index contributed by atoms with van der Waals surface area (Å²) >= 11 is 5.58. The average molecular weight is 440 g/mol. The van der Waals surface area contributed by atoms with Gasteiger partial charge in [-0.3, -0.25) is 9.69 Å². The molecule has 2 aliphatic rings. The molecule has 0 radical (unpaired) electrons. The highest BCUT2D eigenvalue weighted by Crippen LogP contribution is 2.37. The lowest BCUT2D eigenvalue weighted by molar-refractivity contribution is -0.137. The standard InChI is InChI=1S/C17H21ClF3N3O3S/c18-14-4-3-12(10-13(14)17(19,20)21)28(26,27)23-8-5-11(6-9-23)24-7-1-2-15(24)16(22)25/h3-4,10-11,15H,1-2,5-9H2,(H2,22,25). The van der Waals surface area contributed by atoms with Crippen LogP contribution in [0.5, 0.6) is 0 Å². The van der Waals surface area contributed by atoms with Crippen molar-refractivity contribution in [2.24, 2.45) is 5.73 Å². The predicted molar refractivity (Wildman–Crippen MR) is 97.2 cm³/mol. The second kappa shape index (κ2) is 7.81. The van der Waals surface area contributed by atoms with Crippen LogP contribution in [-0.4, -0.2) is 55.2 Å². The minimum Gasteiger partial charge on any atom is -0.368 e. The maximum Gasteiger partial charge on any atom is 0.417 e. The lowest BCUT2D eigenvalue weighted by atomic mass is 10.0. The van der Waals surface area contributed by atoms with Crippen LogP contribution in [-0.2, 0) is 21.0 Å². The zero-order valence-corrected chi connectivity index (χ0v) is 16.5. The summed E-state index contributed by atoms with van der Waals surface area (Å²) in [6.07, 6.45) is -2.21. The highest BCUT2D eigenvalue weighted by molar-refractivity contribution is 7.89. The van der Waals surface area contributed by atoms with Crippen molar-refractivity contribution in [1.82, 2.24) is 9.21 Å². The maximum absolute atomic E-state index is 13.0. The first kappa shape index (κ1) is 21.4. The van der Waals surface area contributed by atoms with E-state index in [1.54, 1.807) is 0 Å². The Morgan fingerprint density at radius 2 is 1.79 bits per heavy atom. The van der Waals surface area contributed by atoms with Crippen LogP contribution in [0.2, 0.25) is 5.02 Å². The normalized spacial score (nSPS) is 23.2. The summed E-state index contributed by atoms with van der Waals surface area (Å²) in [5, 5.41) is -0.545. The zero-order chi connectivity index (χ0) is 20.7. The van der Waals surface area contributed by atoms with Crippen molar-refractivity contribution in [1.29, 1.82) is 0 Å². The minimum absolute atomic E-state index is 0.0300. The molecule has 1 aromatic rings. The molecule has 0 saturated carbocycles. The van der Waals surface area contributed by atoms with Crippen LogP contribution in [0.15, 0.2) is 23.1 Å². The molecule has 3 rings (SSSR count). The van der Waals surface area contributed by atoms with Crippen LogP contribution in [0.1, 0.15) is 31.2 Å². The molecule has 2 fully saturated rings. The van der Waals surface area contributed by atoms with Crippen molar-refractivity contribution in [3.63, 3.8) is 0 Å². The Balaban J connectivity index is 1.74. The number of piperidine rings is 1. The maximum atomic E-state index is 13.0. The van der Waals surface area contributed by atoms with Crippen LogP contribution < -0.4 is 5.73 Å². The van der Waals surface area contributed by atoms with Gasteiger partial charge in [-0.05, 0) is 50.4 Å². The number of likely N-dealkylation sites (tertiary alicyclic amines) is 1. The van der Waals surface area contributed by atoms with Crippen LogP contribution in [0.25, 0.3) is 0 Å². The van der Waals surface area contributed by atoms with Crippen LogP contribution in [0, 0.1) is 0 Å². The number of carbonyl (C=O) groups is 1. The van der Waals surface area contributed by atoms with E-state index in [0.29, 0.717) is 25.3 Å². The number of benzene rings is 1. The molecule has 156 valence electrons. The Hall–Kier alpha value is -1.36. The molecule has 1 amide bonds. The van der Waals surface area contributed by atoms with Crippen LogP contribution >= 0.6 is 11.6 Å². The number of hydrogen-bond acceptors (Lipinski definition) is 4. The van der Waals surface area contributed by atoms with Crippen molar-refractivity contribution >= 4 is 27.5 Å². The largest absolute Gasteiger partial charge is 0.417 e. The molecule has 6 nitrogen and oxygen atoms in total. The van der Waals surface area contributed by atoms with E-state index in [1.807, 2.05) is 4.90 Å². The number of nitrogens with zero attached hydrogens (tertiary/aromatic N) is 2. The molecular weight excluding hydrogens is 419 g/mol. The number of amides is 1. The van der Waals surface area contributed by atoms with Gasteiger partial charge in [-0.25, -0.2) is 8.42 Å². The fraction of sp³-hybridized carbons (Fsp3) is 0.588. The first-order chi connectivity index (χ1) is 13.0. The average Bonchev–Trinajstić information content (AvgIpc) is 3.11. The highest BCUT2D eigenvalue weighted by Gasteiger charge is 2.39. The van der Waals surface area contributed by atoms with E-state index < -0.39 is 31.7 Å². The Morgan fingerprint density at radius 3 is 2.36 bits per heavy atom. The molecule has 28 heavy (non-hydrogen) atoms. The summed E-state index contributed by atoms with van der Waals surface area (Å²) in [5.74, 6) is -0.381. The monoisotopic (exact) mass is 439 g/mol. The van der Waals surface area contributed by atoms with E-state index in [2.05, 4.69) is 0 Å². The Morgan fingerprint density at radius 1 is 1.14 bits per heavy atom. The SMILES string of the molecule is NC(=O)C1CCCN1C1CCN(S(=O)(=O)c2ccc(Cl)c(C(F)(F)F)c2)CC1. The summed E-state index contributed by atoms with van der Waals surface area (Å²) in [6, 6.07) is 2.31. The molecule has 2 aliphatic heterocycles. The van der Waals surface area contributed by atoms with Gasteiger partial charge in [-0.1, -0.05) is 11.6 Å².